The molecule has 0 unspecified atom stereocenters. The van der Waals surface area contributed by atoms with Crippen LogP contribution >= 0.6 is 0 Å². The summed E-state index contributed by atoms with van der Waals surface area (Å²) in [6.07, 6.45) is 3.22. The molecule has 0 saturated carbocycles. The molecule has 1 aliphatic rings. The third kappa shape index (κ3) is 4.51. The Balaban J connectivity index is 1.84. The van der Waals surface area contributed by atoms with Gasteiger partial charge in [0, 0.05) is 32.0 Å². The largest absolute Gasteiger partial charge is 0.343 e. The Bertz CT molecular complexity index is 471. The minimum Gasteiger partial charge on any atom is -0.343 e. The molecule has 1 fully saturated rings. The lowest BCUT2D eigenvalue weighted by Crippen LogP contribution is -2.37. The Kier molecular flexibility index (Phi) is 4.96. The van der Waals surface area contributed by atoms with E-state index >= 15 is 0 Å². The zero-order valence-corrected chi connectivity index (χ0v) is 12.7. The highest BCUT2D eigenvalue weighted by atomic mass is 19.3. The molecule has 4 heteroatoms. The molecule has 1 amide bonds. The molecule has 0 atom stereocenters. The molecule has 1 aromatic carbocycles. The Morgan fingerprint density at radius 1 is 1.24 bits per heavy atom. The van der Waals surface area contributed by atoms with Gasteiger partial charge in [0.15, 0.2) is 0 Å². The van der Waals surface area contributed by atoms with Gasteiger partial charge in [-0.1, -0.05) is 31.2 Å². The molecule has 21 heavy (non-hydrogen) atoms. The van der Waals surface area contributed by atoms with Crippen molar-refractivity contribution in [2.45, 2.75) is 45.5 Å². The summed E-state index contributed by atoms with van der Waals surface area (Å²) in [6.45, 7) is 4.80. The first-order valence-electron chi connectivity index (χ1n) is 7.61. The van der Waals surface area contributed by atoms with Crippen LogP contribution in [0.5, 0.6) is 0 Å². The average Bonchev–Trinajstić information content (AvgIpc) is 2.45. The number of hydrogen-bond acceptors (Lipinski definition) is 1. The zero-order chi connectivity index (χ0) is 15.5. The summed E-state index contributed by atoms with van der Waals surface area (Å²) in [5, 5.41) is 0. The van der Waals surface area contributed by atoms with Gasteiger partial charge in [-0.15, -0.1) is 0 Å². The molecule has 1 aromatic rings. The lowest BCUT2D eigenvalue weighted by molar-refractivity contribution is -0.132. The van der Waals surface area contributed by atoms with Gasteiger partial charge < -0.3 is 4.90 Å². The van der Waals surface area contributed by atoms with Crippen LogP contribution in [0.2, 0.25) is 0 Å². The van der Waals surface area contributed by atoms with Gasteiger partial charge in [0.05, 0.1) is 0 Å². The first kappa shape index (κ1) is 15.9. The highest BCUT2D eigenvalue weighted by Gasteiger charge is 2.24. The van der Waals surface area contributed by atoms with Gasteiger partial charge >= 0.3 is 0 Å². The van der Waals surface area contributed by atoms with E-state index in [-0.39, 0.29) is 11.5 Å². The third-order valence-corrected chi connectivity index (χ3v) is 4.22. The predicted molar refractivity (Wildman–Crippen MR) is 79.3 cm³/mol. The first-order chi connectivity index (χ1) is 9.86. The fraction of sp³-hybridized carbons (Fsp3) is 0.588. The monoisotopic (exact) mass is 295 g/mol. The molecule has 0 aromatic heterocycles. The van der Waals surface area contributed by atoms with Crippen molar-refractivity contribution in [3.63, 3.8) is 0 Å². The molecule has 2 rings (SSSR count). The van der Waals surface area contributed by atoms with Crippen LogP contribution in [0.25, 0.3) is 0 Å². The number of hydrogen-bond donors (Lipinski definition) is 0. The van der Waals surface area contributed by atoms with Crippen LogP contribution in [-0.4, -0.2) is 23.9 Å². The standard InChI is InChI=1S/C17H23F2NO/c1-13-9-11-20(12-10-13)16(21)8-5-14-3-6-15(7-4-14)17(2,18)19/h3-4,6-7,13H,5,8-12H2,1-2H3. The van der Waals surface area contributed by atoms with Crippen molar-refractivity contribution < 1.29 is 13.6 Å². The van der Waals surface area contributed by atoms with Crippen LogP contribution in [0.1, 0.15) is 44.2 Å². The number of nitrogens with zero attached hydrogens (tertiary/aromatic N) is 1. The summed E-state index contributed by atoms with van der Waals surface area (Å²) in [4.78, 5) is 14.0. The Morgan fingerprint density at radius 2 is 1.81 bits per heavy atom. The molecule has 116 valence electrons. The number of halogens is 2. The summed E-state index contributed by atoms with van der Waals surface area (Å²) in [7, 11) is 0. The van der Waals surface area contributed by atoms with Crippen LogP contribution in [0.15, 0.2) is 24.3 Å². The quantitative estimate of drug-likeness (QED) is 0.822. The first-order valence-corrected chi connectivity index (χ1v) is 7.61. The van der Waals surface area contributed by atoms with E-state index in [0.29, 0.717) is 18.8 Å². The van der Waals surface area contributed by atoms with Crippen molar-refractivity contribution in [3.05, 3.63) is 35.4 Å². The van der Waals surface area contributed by atoms with Gasteiger partial charge in [0.2, 0.25) is 5.91 Å². The smallest absolute Gasteiger partial charge is 0.270 e. The van der Waals surface area contributed by atoms with Crippen LogP contribution < -0.4 is 0 Å². The van der Waals surface area contributed by atoms with E-state index in [0.717, 1.165) is 38.4 Å². The van der Waals surface area contributed by atoms with Gasteiger partial charge in [-0.25, -0.2) is 8.78 Å². The SMILES string of the molecule is CC1CCN(C(=O)CCc2ccc(C(C)(F)F)cc2)CC1. The number of rotatable bonds is 4. The summed E-state index contributed by atoms with van der Waals surface area (Å²) in [6, 6.07) is 6.28. The maximum absolute atomic E-state index is 13.1. The lowest BCUT2D eigenvalue weighted by atomic mass is 9.98. The van der Waals surface area contributed by atoms with Crippen molar-refractivity contribution in [1.29, 1.82) is 0 Å². The molecule has 1 aliphatic heterocycles. The average molecular weight is 295 g/mol. The van der Waals surface area contributed by atoms with Crippen LogP contribution in [0.3, 0.4) is 0 Å². The van der Waals surface area contributed by atoms with E-state index < -0.39 is 5.92 Å². The summed E-state index contributed by atoms with van der Waals surface area (Å²) < 4.78 is 26.2. The lowest BCUT2D eigenvalue weighted by Gasteiger charge is -2.30. The number of alkyl halides is 2. The fourth-order valence-electron chi connectivity index (χ4n) is 2.63. The predicted octanol–water partition coefficient (Wildman–Crippen LogP) is 3.99. The highest BCUT2D eigenvalue weighted by molar-refractivity contribution is 5.76. The van der Waals surface area contributed by atoms with Crippen molar-refractivity contribution in [1.82, 2.24) is 4.90 Å². The second-order valence-electron chi connectivity index (χ2n) is 6.15. The molecule has 0 N–H and O–H groups in total. The second kappa shape index (κ2) is 6.54. The van der Waals surface area contributed by atoms with Crippen molar-refractivity contribution >= 4 is 5.91 Å². The molecule has 0 spiro atoms. The zero-order valence-electron chi connectivity index (χ0n) is 12.7. The topological polar surface area (TPSA) is 20.3 Å². The molecule has 0 radical (unpaired) electrons. The van der Waals surface area contributed by atoms with Gasteiger partial charge in [-0.3, -0.25) is 4.79 Å². The molecule has 0 aliphatic carbocycles. The number of aryl methyl sites for hydroxylation is 1. The maximum atomic E-state index is 13.1. The molecule has 1 heterocycles. The van der Waals surface area contributed by atoms with E-state index in [9.17, 15) is 13.6 Å². The van der Waals surface area contributed by atoms with E-state index in [2.05, 4.69) is 6.92 Å². The normalized spacial score (nSPS) is 17.0. The van der Waals surface area contributed by atoms with Gasteiger partial charge in [-0.2, -0.15) is 0 Å². The number of likely N-dealkylation sites (tertiary alicyclic amines) is 1. The van der Waals surface area contributed by atoms with E-state index in [1.807, 2.05) is 4.90 Å². The van der Waals surface area contributed by atoms with Crippen LogP contribution in [0.4, 0.5) is 8.78 Å². The molecule has 1 saturated heterocycles. The highest BCUT2D eigenvalue weighted by Crippen LogP contribution is 2.27. The Labute approximate surface area is 125 Å². The van der Waals surface area contributed by atoms with E-state index in [4.69, 9.17) is 0 Å². The third-order valence-electron chi connectivity index (χ3n) is 4.22. The number of piperidine rings is 1. The fourth-order valence-corrected chi connectivity index (χ4v) is 2.63. The van der Waals surface area contributed by atoms with Crippen molar-refractivity contribution in [2.75, 3.05) is 13.1 Å². The molecule has 2 nitrogen and oxygen atoms in total. The number of carbonyl (C=O) groups is 1. The summed E-state index contributed by atoms with van der Waals surface area (Å²) in [5.41, 5.74) is 0.948. The maximum Gasteiger partial charge on any atom is 0.270 e. The van der Waals surface area contributed by atoms with E-state index in [1.165, 1.54) is 12.1 Å². The van der Waals surface area contributed by atoms with Crippen molar-refractivity contribution in [3.8, 4) is 0 Å². The Morgan fingerprint density at radius 3 is 2.33 bits per heavy atom. The molecule has 0 bridgehead atoms. The molecular formula is C17H23F2NO. The van der Waals surface area contributed by atoms with E-state index in [1.54, 1.807) is 12.1 Å². The van der Waals surface area contributed by atoms with Crippen molar-refractivity contribution in [2.24, 2.45) is 5.92 Å². The van der Waals surface area contributed by atoms with Crippen LogP contribution in [0, 0.1) is 5.92 Å². The minimum absolute atomic E-state index is 0.0163. The molecular weight excluding hydrogens is 272 g/mol. The Hall–Kier alpha value is -1.45. The van der Waals surface area contributed by atoms with Gasteiger partial charge in [0.25, 0.3) is 5.92 Å². The number of benzene rings is 1. The van der Waals surface area contributed by atoms with Crippen LogP contribution in [-0.2, 0) is 17.1 Å². The number of amides is 1. The number of carbonyl (C=O) groups excluding carboxylic acids is 1. The summed E-state index contributed by atoms with van der Waals surface area (Å²) in [5.74, 6) is -1.93. The van der Waals surface area contributed by atoms with Gasteiger partial charge in [0.1, 0.15) is 0 Å². The minimum atomic E-state index is -2.81. The van der Waals surface area contributed by atoms with Gasteiger partial charge in [-0.05, 0) is 30.7 Å². The summed E-state index contributed by atoms with van der Waals surface area (Å²) >= 11 is 0. The second-order valence-corrected chi connectivity index (χ2v) is 6.15.